The monoisotopic (exact) mass is 513 g/mol. The van der Waals surface area contributed by atoms with Crippen molar-refractivity contribution in [3.05, 3.63) is 93.3 Å². The van der Waals surface area contributed by atoms with Crippen LogP contribution >= 0.6 is 0 Å². The Labute approximate surface area is 211 Å². The molecule has 0 amide bonds. The molecule has 0 saturated heterocycles. The van der Waals surface area contributed by atoms with Gasteiger partial charge in [-0.25, -0.2) is 9.97 Å². The molecule has 0 atom stereocenters. The van der Waals surface area contributed by atoms with Crippen molar-refractivity contribution < 1.29 is 17.6 Å². The quantitative estimate of drug-likeness (QED) is 0.243. The maximum absolute atomic E-state index is 13.5. The summed E-state index contributed by atoms with van der Waals surface area (Å²) in [6.45, 7) is 3.34. The number of aryl methyl sites for hydroxylation is 2. The van der Waals surface area contributed by atoms with Gasteiger partial charge in [-0.15, -0.1) is 0 Å². The van der Waals surface area contributed by atoms with Crippen molar-refractivity contribution in [2.75, 3.05) is 0 Å². The normalized spacial score (nSPS) is 14.3. The summed E-state index contributed by atoms with van der Waals surface area (Å²) < 4.78 is 53.9. The second-order valence-corrected chi connectivity index (χ2v) is 9.14. The van der Waals surface area contributed by atoms with Crippen LogP contribution in [0.2, 0.25) is 0 Å². The van der Waals surface area contributed by atoms with Crippen molar-refractivity contribution in [2.24, 2.45) is 0 Å². The highest BCUT2D eigenvalue weighted by molar-refractivity contribution is 5.69. The van der Waals surface area contributed by atoms with Gasteiger partial charge < -0.3 is 0 Å². The maximum atomic E-state index is 13.5. The molecular formula is C27H27F4N5O. The zero-order chi connectivity index (χ0) is 26.6. The van der Waals surface area contributed by atoms with Crippen LogP contribution in [0.15, 0.2) is 53.7 Å². The second-order valence-electron chi connectivity index (χ2n) is 9.14. The molecular weight excluding hydrogens is 486 g/mol. The smallest absolute Gasteiger partial charge is 0.285 e. The Kier molecular flexibility index (Phi) is 7.94. The summed E-state index contributed by atoms with van der Waals surface area (Å²) in [5.41, 5.74) is 1.58. The molecule has 1 saturated carbocycles. The van der Waals surface area contributed by atoms with Gasteiger partial charge in [0.15, 0.2) is 5.65 Å². The van der Waals surface area contributed by atoms with E-state index in [-0.39, 0.29) is 23.8 Å². The molecule has 4 aromatic heterocycles. The Bertz CT molecular complexity index is 1420. The van der Waals surface area contributed by atoms with Gasteiger partial charge in [0.2, 0.25) is 5.95 Å². The number of aromatic nitrogens is 5. The first kappa shape index (κ1) is 26.4. The molecule has 6 nitrogen and oxygen atoms in total. The van der Waals surface area contributed by atoms with E-state index in [1.807, 2.05) is 13.0 Å². The van der Waals surface area contributed by atoms with Crippen LogP contribution in [0.3, 0.4) is 0 Å². The number of fused-ring (bicyclic) bond motifs is 1. The molecule has 4 heterocycles. The molecule has 0 spiro atoms. The zero-order valence-corrected chi connectivity index (χ0v) is 20.6. The highest BCUT2D eigenvalue weighted by atomic mass is 19.4. The fourth-order valence-corrected chi connectivity index (χ4v) is 4.68. The summed E-state index contributed by atoms with van der Waals surface area (Å²) in [4.78, 5) is 28.0. The summed E-state index contributed by atoms with van der Waals surface area (Å²) in [6, 6.07) is 6.80. The van der Waals surface area contributed by atoms with E-state index in [9.17, 15) is 22.4 Å². The maximum Gasteiger partial charge on any atom is 0.418 e. The third-order valence-electron chi connectivity index (χ3n) is 6.48. The predicted molar refractivity (Wildman–Crippen MR) is 132 cm³/mol. The lowest BCUT2D eigenvalue weighted by Gasteiger charge is -2.23. The topological polar surface area (TPSA) is 73.6 Å². The van der Waals surface area contributed by atoms with Crippen LogP contribution in [-0.2, 0) is 12.7 Å². The lowest BCUT2D eigenvalue weighted by atomic mass is 9.83. The van der Waals surface area contributed by atoms with Crippen molar-refractivity contribution in [1.29, 1.82) is 0 Å². The molecule has 5 rings (SSSR count). The molecule has 37 heavy (non-hydrogen) atoms. The van der Waals surface area contributed by atoms with E-state index in [2.05, 4.69) is 19.9 Å². The average molecular weight is 514 g/mol. The number of hydrogen-bond acceptors (Lipinski definition) is 5. The molecule has 1 aliphatic rings. The van der Waals surface area contributed by atoms with Crippen molar-refractivity contribution in [2.45, 2.75) is 64.6 Å². The van der Waals surface area contributed by atoms with E-state index >= 15 is 0 Å². The summed E-state index contributed by atoms with van der Waals surface area (Å²) >= 11 is 0. The van der Waals surface area contributed by atoms with Gasteiger partial charge in [0.25, 0.3) is 5.56 Å². The summed E-state index contributed by atoms with van der Waals surface area (Å²) in [5.74, 6) is 0.161. The van der Waals surface area contributed by atoms with Crippen molar-refractivity contribution in [3.8, 4) is 0 Å². The van der Waals surface area contributed by atoms with E-state index in [0.717, 1.165) is 34.6 Å². The molecule has 0 aliphatic heterocycles. The minimum atomic E-state index is -4.54. The number of rotatable bonds is 3. The van der Waals surface area contributed by atoms with Crippen molar-refractivity contribution >= 4 is 11.2 Å². The molecule has 10 heteroatoms. The Morgan fingerprint density at radius 1 is 0.973 bits per heavy atom. The van der Waals surface area contributed by atoms with E-state index in [1.54, 1.807) is 13.1 Å². The van der Waals surface area contributed by atoms with Crippen LogP contribution in [0.5, 0.6) is 0 Å². The molecule has 0 bridgehead atoms. The third-order valence-corrected chi connectivity index (χ3v) is 6.48. The van der Waals surface area contributed by atoms with Gasteiger partial charge in [-0.3, -0.25) is 19.3 Å². The third kappa shape index (κ3) is 6.18. The lowest BCUT2D eigenvalue weighted by Crippen LogP contribution is -2.23. The molecule has 0 N–H and O–H groups in total. The van der Waals surface area contributed by atoms with Crippen LogP contribution in [0.1, 0.15) is 66.1 Å². The standard InChI is InChI=1S/C15H11F3N4O.C12H16FN/c1-9-7-20-11-4-5-13(23)22(14(11)21-9)8-12-10(15(16,17)18)3-2-6-19-12;1-9-7-8-14-12(13)11(9)10-5-3-2-4-6-10/h2-7H,8H2,1H3;7-8,10H,2-6H2,1H3. The van der Waals surface area contributed by atoms with Crippen LogP contribution in [0, 0.1) is 19.8 Å². The van der Waals surface area contributed by atoms with Gasteiger partial charge >= 0.3 is 6.18 Å². The predicted octanol–water partition coefficient (Wildman–Crippen LogP) is 6.14. The van der Waals surface area contributed by atoms with Crippen LogP contribution in [0.4, 0.5) is 17.6 Å². The van der Waals surface area contributed by atoms with E-state index in [4.69, 9.17) is 0 Å². The Morgan fingerprint density at radius 2 is 1.73 bits per heavy atom. The highest BCUT2D eigenvalue weighted by Crippen LogP contribution is 2.35. The van der Waals surface area contributed by atoms with Gasteiger partial charge in [0.1, 0.15) is 5.52 Å². The Hall–Kier alpha value is -3.69. The summed E-state index contributed by atoms with van der Waals surface area (Å²) in [5, 5.41) is 0. The van der Waals surface area contributed by atoms with Gasteiger partial charge in [-0.2, -0.15) is 17.6 Å². The first-order valence-electron chi connectivity index (χ1n) is 12.1. The molecule has 1 fully saturated rings. The molecule has 1 aliphatic carbocycles. The lowest BCUT2D eigenvalue weighted by molar-refractivity contribution is -0.138. The number of halogens is 4. The average Bonchev–Trinajstić information content (AvgIpc) is 2.86. The van der Waals surface area contributed by atoms with E-state index < -0.39 is 17.3 Å². The van der Waals surface area contributed by atoms with E-state index in [1.165, 1.54) is 49.9 Å². The van der Waals surface area contributed by atoms with Gasteiger partial charge in [-0.1, -0.05) is 19.3 Å². The van der Waals surface area contributed by atoms with Crippen LogP contribution in [-0.4, -0.2) is 24.5 Å². The molecule has 4 aromatic rings. The first-order chi connectivity index (χ1) is 17.6. The number of nitrogens with zero attached hydrogens (tertiary/aromatic N) is 5. The van der Waals surface area contributed by atoms with Crippen molar-refractivity contribution in [1.82, 2.24) is 24.5 Å². The van der Waals surface area contributed by atoms with E-state index in [0.29, 0.717) is 17.1 Å². The second kappa shape index (κ2) is 11.1. The van der Waals surface area contributed by atoms with Crippen molar-refractivity contribution in [3.63, 3.8) is 0 Å². The first-order valence-corrected chi connectivity index (χ1v) is 12.1. The highest BCUT2D eigenvalue weighted by Gasteiger charge is 2.34. The minimum Gasteiger partial charge on any atom is -0.285 e. The molecule has 194 valence electrons. The number of pyridine rings is 3. The molecule has 0 unspecified atom stereocenters. The van der Waals surface area contributed by atoms with Gasteiger partial charge in [-0.05, 0) is 62.4 Å². The van der Waals surface area contributed by atoms with Crippen LogP contribution < -0.4 is 5.56 Å². The number of alkyl halides is 3. The fourth-order valence-electron chi connectivity index (χ4n) is 4.68. The fraction of sp³-hybridized carbons (Fsp3) is 0.370. The number of hydrogen-bond donors (Lipinski definition) is 0. The van der Waals surface area contributed by atoms with Crippen LogP contribution in [0.25, 0.3) is 11.2 Å². The molecule has 0 radical (unpaired) electrons. The molecule has 0 aromatic carbocycles. The summed E-state index contributed by atoms with van der Waals surface area (Å²) in [6.07, 6.45) is 5.83. The minimum absolute atomic E-state index is 0.233. The Morgan fingerprint density at radius 3 is 2.43 bits per heavy atom. The van der Waals surface area contributed by atoms with Gasteiger partial charge in [0.05, 0.1) is 23.5 Å². The van der Waals surface area contributed by atoms with Gasteiger partial charge in [0, 0.05) is 30.2 Å². The largest absolute Gasteiger partial charge is 0.418 e. The SMILES string of the molecule is Cc1ccnc(F)c1C1CCCCC1.Cc1cnc2ccc(=O)n(Cc3ncccc3C(F)(F)F)c2n1. The Balaban J connectivity index is 0.000000195. The zero-order valence-electron chi connectivity index (χ0n) is 20.6. The summed E-state index contributed by atoms with van der Waals surface area (Å²) in [7, 11) is 0.